The van der Waals surface area contributed by atoms with E-state index >= 15 is 0 Å². The first-order chi connectivity index (χ1) is 11.7. The average Bonchev–Trinajstić information content (AvgIpc) is 3.45. The van der Waals surface area contributed by atoms with Gasteiger partial charge in [0.25, 0.3) is 0 Å². The minimum atomic E-state index is -0.0580. The highest BCUT2D eigenvalue weighted by Crippen LogP contribution is 2.28. The largest absolute Gasteiger partial charge is 0.497 e. The van der Waals surface area contributed by atoms with E-state index in [1.165, 1.54) is 12.8 Å². The van der Waals surface area contributed by atoms with Crippen molar-refractivity contribution in [2.75, 3.05) is 26.7 Å². The Bertz CT molecular complexity index is 581. The van der Waals surface area contributed by atoms with Crippen molar-refractivity contribution in [3.63, 3.8) is 0 Å². The number of ether oxygens (including phenoxy) is 1. The molecule has 1 aromatic carbocycles. The van der Waals surface area contributed by atoms with Crippen molar-refractivity contribution in [3.05, 3.63) is 29.8 Å². The van der Waals surface area contributed by atoms with Crippen LogP contribution in [0.1, 0.15) is 31.2 Å². The summed E-state index contributed by atoms with van der Waals surface area (Å²) in [6, 6.07) is 7.57. The lowest BCUT2D eigenvalue weighted by Gasteiger charge is -2.32. The molecule has 1 aliphatic heterocycles. The van der Waals surface area contributed by atoms with Crippen molar-refractivity contribution in [3.8, 4) is 5.75 Å². The number of piperidine rings is 1. The maximum atomic E-state index is 12.5. The summed E-state index contributed by atoms with van der Waals surface area (Å²) < 4.78 is 5.14. The number of likely N-dealkylation sites (tertiary alicyclic amines) is 1. The second-order valence-electron chi connectivity index (χ2n) is 6.89. The maximum absolute atomic E-state index is 12.5. The number of hydrogen-bond acceptors (Lipinski definition) is 3. The Morgan fingerprint density at radius 3 is 2.62 bits per heavy atom. The van der Waals surface area contributed by atoms with Crippen LogP contribution >= 0.6 is 0 Å². The summed E-state index contributed by atoms with van der Waals surface area (Å²) in [5.74, 6) is 1.63. The van der Waals surface area contributed by atoms with Gasteiger partial charge in [0.15, 0.2) is 0 Å². The lowest BCUT2D eigenvalue weighted by atomic mass is 9.96. The third-order valence-electron chi connectivity index (χ3n) is 4.92. The Labute approximate surface area is 143 Å². The fourth-order valence-electron chi connectivity index (χ4n) is 3.16. The number of hydrogen-bond donors (Lipinski definition) is 1. The van der Waals surface area contributed by atoms with Gasteiger partial charge in [-0.15, -0.1) is 0 Å². The van der Waals surface area contributed by atoms with Crippen LogP contribution in [0.25, 0.3) is 0 Å². The molecule has 2 fully saturated rings. The normalized spacial score (nSPS) is 20.5. The monoisotopic (exact) mass is 330 g/mol. The van der Waals surface area contributed by atoms with E-state index in [-0.39, 0.29) is 17.7 Å². The minimum Gasteiger partial charge on any atom is -0.497 e. The third kappa shape index (κ3) is 4.49. The number of methoxy groups -OCH3 is 1. The molecule has 1 N–H and O–H groups in total. The zero-order chi connectivity index (χ0) is 16.9. The molecule has 5 nitrogen and oxygen atoms in total. The fraction of sp³-hybridized carbons (Fsp3) is 0.579. The van der Waals surface area contributed by atoms with Gasteiger partial charge in [-0.25, -0.2) is 0 Å². The van der Waals surface area contributed by atoms with Crippen LogP contribution in [0, 0.1) is 11.8 Å². The van der Waals surface area contributed by atoms with Crippen molar-refractivity contribution in [1.82, 2.24) is 10.2 Å². The number of rotatable bonds is 6. The smallest absolute Gasteiger partial charge is 0.227 e. The van der Waals surface area contributed by atoms with Gasteiger partial charge in [0.1, 0.15) is 5.75 Å². The molecule has 1 aliphatic carbocycles. The molecule has 0 bridgehead atoms. The summed E-state index contributed by atoms with van der Waals surface area (Å²) in [5.41, 5.74) is 0.973. The van der Waals surface area contributed by atoms with Crippen molar-refractivity contribution < 1.29 is 14.3 Å². The van der Waals surface area contributed by atoms with Gasteiger partial charge in [0, 0.05) is 19.6 Å². The van der Waals surface area contributed by atoms with Gasteiger partial charge in [-0.2, -0.15) is 0 Å². The van der Waals surface area contributed by atoms with Gasteiger partial charge in [-0.05, 0) is 49.3 Å². The zero-order valence-corrected chi connectivity index (χ0v) is 14.3. The number of nitrogens with zero attached hydrogens (tertiary/aromatic N) is 1. The Kier molecular flexibility index (Phi) is 5.38. The molecule has 2 amide bonds. The fourth-order valence-corrected chi connectivity index (χ4v) is 3.16. The van der Waals surface area contributed by atoms with E-state index in [9.17, 15) is 9.59 Å². The van der Waals surface area contributed by atoms with Gasteiger partial charge in [-0.1, -0.05) is 12.1 Å². The predicted molar refractivity (Wildman–Crippen MR) is 91.7 cm³/mol. The van der Waals surface area contributed by atoms with E-state index in [1.54, 1.807) is 7.11 Å². The Morgan fingerprint density at radius 2 is 1.96 bits per heavy atom. The molecule has 5 heteroatoms. The molecular weight excluding hydrogens is 304 g/mol. The van der Waals surface area contributed by atoms with Crippen LogP contribution in [0.4, 0.5) is 0 Å². The summed E-state index contributed by atoms with van der Waals surface area (Å²) in [6.45, 7) is 2.10. The van der Waals surface area contributed by atoms with Gasteiger partial charge >= 0.3 is 0 Å². The molecule has 130 valence electrons. The van der Waals surface area contributed by atoms with Crippen molar-refractivity contribution in [2.24, 2.45) is 11.8 Å². The topological polar surface area (TPSA) is 58.6 Å². The van der Waals surface area contributed by atoms with Crippen molar-refractivity contribution in [1.29, 1.82) is 0 Å². The van der Waals surface area contributed by atoms with Gasteiger partial charge in [-0.3, -0.25) is 9.59 Å². The molecule has 2 aliphatic rings. The second-order valence-corrected chi connectivity index (χ2v) is 6.89. The van der Waals surface area contributed by atoms with Crippen molar-refractivity contribution >= 4 is 11.8 Å². The molecule has 0 aromatic heterocycles. The Morgan fingerprint density at radius 1 is 1.21 bits per heavy atom. The maximum Gasteiger partial charge on any atom is 0.227 e. The molecule has 1 aromatic rings. The average molecular weight is 330 g/mol. The van der Waals surface area contributed by atoms with Crippen LogP contribution < -0.4 is 10.1 Å². The minimum absolute atomic E-state index is 0.0580. The van der Waals surface area contributed by atoms with E-state index < -0.39 is 0 Å². The standard InChI is InChI=1S/C19H26N2O3/c1-24-17-8-6-14(7-9-17)11-18(22)21-10-2-3-16(13-21)19(23)20-12-15-4-5-15/h6-9,15-16H,2-5,10-13H2,1H3,(H,20,23)/t16-/m1/s1. The lowest BCUT2D eigenvalue weighted by molar-refractivity contribution is -0.135. The van der Waals surface area contributed by atoms with E-state index in [2.05, 4.69) is 5.32 Å². The van der Waals surface area contributed by atoms with Crippen LogP contribution in [0.15, 0.2) is 24.3 Å². The molecule has 3 rings (SSSR count). The first-order valence-electron chi connectivity index (χ1n) is 8.84. The molecule has 1 saturated heterocycles. The van der Waals surface area contributed by atoms with E-state index in [0.29, 0.717) is 18.9 Å². The summed E-state index contributed by atoms with van der Waals surface area (Å²) >= 11 is 0. The molecule has 1 atom stereocenters. The Balaban J connectivity index is 1.50. The molecular formula is C19H26N2O3. The highest BCUT2D eigenvalue weighted by Gasteiger charge is 2.29. The molecule has 1 saturated carbocycles. The van der Waals surface area contributed by atoms with Crippen LogP contribution in [0.2, 0.25) is 0 Å². The zero-order valence-electron chi connectivity index (χ0n) is 14.3. The van der Waals surface area contributed by atoms with E-state index in [4.69, 9.17) is 4.74 Å². The number of carbonyl (C=O) groups is 2. The number of benzene rings is 1. The SMILES string of the molecule is COc1ccc(CC(=O)N2CCC[C@@H](C(=O)NCC3CC3)C2)cc1. The van der Waals surface area contributed by atoms with Gasteiger partial charge < -0.3 is 15.0 Å². The lowest BCUT2D eigenvalue weighted by Crippen LogP contribution is -2.46. The predicted octanol–water partition coefficient (Wildman–Crippen LogP) is 2.00. The summed E-state index contributed by atoms with van der Waals surface area (Å²) in [5, 5.41) is 3.05. The van der Waals surface area contributed by atoms with Crippen LogP contribution in [0.5, 0.6) is 5.75 Å². The molecule has 1 heterocycles. The van der Waals surface area contributed by atoms with Crippen LogP contribution in [-0.4, -0.2) is 43.5 Å². The van der Waals surface area contributed by atoms with E-state index in [0.717, 1.165) is 37.2 Å². The third-order valence-corrected chi connectivity index (χ3v) is 4.92. The first-order valence-corrected chi connectivity index (χ1v) is 8.84. The second kappa shape index (κ2) is 7.69. The molecule has 0 unspecified atom stereocenters. The first kappa shape index (κ1) is 16.8. The summed E-state index contributed by atoms with van der Waals surface area (Å²) in [4.78, 5) is 26.6. The molecule has 0 spiro atoms. The highest BCUT2D eigenvalue weighted by atomic mass is 16.5. The van der Waals surface area contributed by atoms with Crippen LogP contribution in [0.3, 0.4) is 0 Å². The number of amides is 2. The van der Waals surface area contributed by atoms with Crippen molar-refractivity contribution in [2.45, 2.75) is 32.1 Å². The van der Waals surface area contributed by atoms with Crippen LogP contribution in [-0.2, 0) is 16.0 Å². The highest BCUT2D eigenvalue weighted by molar-refractivity contribution is 5.82. The summed E-state index contributed by atoms with van der Waals surface area (Å²) in [6.07, 6.45) is 4.62. The van der Waals surface area contributed by atoms with Gasteiger partial charge in [0.2, 0.25) is 11.8 Å². The van der Waals surface area contributed by atoms with E-state index in [1.807, 2.05) is 29.2 Å². The molecule has 0 radical (unpaired) electrons. The Hall–Kier alpha value is -2.04. The quantitative estimate of drug-likeness (QED) is 0.868. The summed E-state index contributed by atoms with van der Waals surface area (Å²) in [7, 11) is 1.63. The number of carbonyl (C=O) groups excluding carboxylic acids is 2. The molecule has 24 heavy (non-hydrogen) atoms. The number of nitrogens with one attached hydrogen (secondary N) is 1. The van der Waals surface area contributed by atoms with Gasteiger partial charge in [0.05, 0.1) is 19.4 Å².